The van der Waals surface area contributed by atoms with Gasteiger partial charge in [-0.15, -0.1) is 11.3 Å². The van der Waals surface area contributed by atoms with Crippen molar-refractivity contribution in [2.45, 2.75) is 11.4 Å². The van der Waals surface area contributed by atoms with Gasteiger partial charge in [0.1, 0.15) is 17.3 Å². The van der Waals surface area contributed by atoms with Crippen molar-refractivity contribution in [2.75, 3.05) is 0 Å². The van der Waals surface area contributed by atoms with E-state index in [-0.39, 0.29) is 16.5 Å². The molecule has 0 bridgehead atoms. The molecule has 0 spiro atoms. The van der Waals surface area contributed by atoms with Gasteiger partial charge in [0.15, 0.2) is 0 Å². The number of benzene rings is 1. The Bertz CT molecular complexity index is 920. The lowest BCUT2D eigenvalue weighted by Crippen LogP contribution is -2.23. The molecule has 3 rings (SSSR count). The van der Waals surface area contributed by atoms with Crippen LogP contribution in [0.1, 0.15) is 5.76 Å². The third-order valence-corrected chi connectivity index (χ3v) is 5.64. The lowest BCUT2D eigenvalue weighted by atomic mass is 10.3. The SMILES string of the molecule is O=S(=O)(NCc1ccc(-c2cccs2)o1)c1ccc(F)c(Cl)c1. The molecule has 0 aliphatic rings. The highest BCUT2D eigenvalue weighted by Gasteiger charge is 2.16. The lowest BCUT2D eigenvalue weighted by Gasteiger charge is -2.06. The van der Waals surface area contributed by atoms with Gasteiger partial charge >= 0.3 is 0 Å². The Morgan fingerprint density at radius 1 is 1.22 bits per heavy atom. The number of sulfonamides is 1. The first-order valence-electron chi connectivity index (χ1n) is 6.53. The highest BCUT2D eigenvalue weighted by Crippen LogP contribution is 2.26. The fourth-order valence-electron chi connectivity index (χ4n) is 1.92. The van der Waals surface area contributed by atoms with Crippen LogP contribution in [0.15, 0.2) is 57.2 Å². The van der Waals surface area contributed by atoms with Gasteiger partial charge in [-0.25, -0.2) is 17.5 Å². The second kappa shape index (κ2) is 6.45. The minimum atomic E-state index is -3.80. The maximum absolute atomic E-state index is 13.1. The molecule has 0 atom stereocenters. The molecule has 3 aromatic rings. The van der Waals surface area contributed by atoms with Crippen LogP contribution < -0.4 is 4.72 Å². The van der Waals surface area contributed by atoms with Crippen LogP contribution in [-0.2, 0) is 16.6 Å². The lowest BCUT2D eigenvalue weighted by molar-refractivity contribution is 0.510. The maximum Gasteiger partial charge on any atom is 0.241 e. The van der Waals surface area contributed by atoms with Crippen molar-refractivity contribution in [3.63, 3.8) is 0 Å². The van der Waals surface area contributed by atoms with Gasteiger partial charge in [-0.1, -0.05) is 17.7 Å². The Labute approximate surface area is 141 Å². The molecule has 2 heterocycles. The van der Waals surface area contributed by atoms with Crippen molar-refractivity contribution in [2.24, 2.45) is 0 Å². The van der Waals surface area contributed by atoms with E-state index in [0.29, 0.717) is 11.5 Å². The molecule has 8 heteroatoms. The highest BCUT2D eigenvalue weighted by molar-refractivity contribution is 7.89. The van der Waals surface area contributed by atoms with Crippen LogP contribution in [0.25, 0.3) is 10.6 Å². The standard InChI is InChI=1S/C15H11ClFNO3S2/c16-12-8-11(4-5-13(12)17)23(19,20)18-9-10-3-6-14(21-10)15-2-1-7-22-15/h1-8,18H,9H2. The predicted octanol–water partition coefficient (Wildman–Crippen LogP) is 4.28. The van der Waals surface area contributed by atoms with E-state index in [2.05, 4.69) is 4.72 Å². The predicted molar refractivity (Wildman–Crippen MR) is 87.5 cm³/mol. The Morgan fingerprint density at radius 3 is 2.74 bits per heavy atom. The summed E-state index contributed by atoms with van der Waals surface area (Å²) in [6.45, 7) is -0.0112. The number of furan rings is 1. The van der Waals surface area contributed by atoms with E-state index in [1.54, 1.807) is 12.1 Å². The minimum absolute atomic E-state index is 0.0112. The number of thiophene rings is 1. The smallest absolute Gasteiger partial charge is 0.241 e. The Balaban J connectivity index is 1.73. The molecule has 0 radical (unpaired) electrons. The molecule has 1 N–H and O–H groups in total. The topological polar surface area (TPSA) is 59.3 Å². The molecule has 0 aliphatic heterocycles. The van der Waals surface area contributed by atoms with Gasteiger partial charge in [-0.3, -0.25) is 0 Å². The van der Waals surface area contributed by atoms with Crippen LogP contribution in [0.2, 0.25) is 5.02 Å². The average molecular weight is 372 g/mol. The van der Waals surface area contributed by atoms with Crippen molar-refractivity contribution >= 4 is 33.0 Å². The molecule has 120 valence electrons. The third-order valence-electron chi connectivity index (χ3n) is 3.06. The molecule has 4 nitrogen and oxygen atoms in total. The molecule has 0 saturated heterocycles. The summed E-state index contributed by atoms with van der Waals surface area (Å²) in [5.74, 6) is 0.487. The number of halogens is 2. The van der Waals surface area contributed by atoms with Crippen molar-refractivity contribution in [1.29, 1.82) is 0 Å². The van der Waals surface area contributed by atoms with E-state index >= 15 is 0 Å². The number of hydrogen-bond donors (Lipinski definition) is 1. The van der Waals surface area contributed by atoms with Gasteiger partial charge in [0.25, 0.3) is 0 Å². The summed E-state index contributed by atoms with van der Waals surface area (Å²) in [5, 5.41) is 1.68. The van der Waals surface area contributed by atoms with Crippen LogP contribution in [0.3, 0.4) is 0 Å². The van der Waals surface area contributed by atoms with Crippen molar-refractivity contribution in [3.05, 3.63) is 64.4 Å². The molecule has 0 aliphatic carbocycles. The van der Waals surface area contributed by atoms with Crippen LogP contribution >= 0.6 is 22.9 Å². The van der Waals surface area contributed by atoms with Gasteiger partial charge in [0, 0.05) is 0 Å². The summed E-state index contributed by atoms with van der Waals surface area (Å²) in [4.78, 5) is 0.860. The first-order valence-corrected chi connectivity index (χ1v) is 9.27. The summed E-state index contributed by atoms with van der Waals surface area (Å²) in [7, 11) is -3.80. The monoisotopic (exact) mass is 371 g/mol. The summed E-state index contributed by atoms with van der Waals surface area (Å²) >= 11 is 7.14. The zero-order valence-electron chi connectivity index (χ0n) is 11.6. The third kappa shape index (κ3) is 3.64. The largest absolute Gasteiger partial charge is 0.459 e. The quantitative estimate of drug-likeness (QED) is 0.728. The molecule has 23 heavy (non-hydrogen) atoms. The summed E-state index contributed by atoms with van der Waals surface area (Å²) < 4.78 is 45.5. The normalized spacial score (nSPS) is 11.7. The number of hydrogen-bond acceptors (Lipinski definition) is 4. The van der Waals surface area contributed by atoms with E-state index in [9.17, 15) is 12.8 Å². The Hall–Kier alpha value is -1.67. The second-order valence-corrected chi connectivity index (χ2v) is 7.77. The van der Waals surface area contributed by atoms with Gasteiger partial charge in [0.05, 0.1) is 21.3 Å². The highest BCUT2D eigenvalue weighted by atomic mass is 35.5. The first kappa shape index (κ1) is 16.2. The molecule has 2 aromatic heterocycles. The fourth-order valence-corrected chi connectivity index (χ4v) is 3.87. The molecule has 1 aromatic carbocycles. The van der Waals surface area contributed by atoms with E-state index in [4.69, 9.17) is 16.0 Å². The maximum atomic E-state index is 13.1. The Morgan fingerprint density at radius 2 is 2.04 bits per heavy atom. The second-order valence-electron chi connectivity index (χ2n) is 4.64. The molecular formula is C15H11ClFNO3S2. The van der Waals surface area contributed by atoms with Gasteiger partial charge in [-0.2, -0.15) is 0 Å². The Kier molecular flexibility index (Phi) is 4.54. The van der Waals surface area contributed by atoms with Gasteiger partial charge < -0.3 is 4.42 Å². The van der Waals surface area contributed by atoms with E-state index < -0.39 is 15.8 Å². The fraction of sp³-hybridized carbons (Fsp3) is 0.0667. The summed E-state index contributed by atoms with van der Waals surface area (Å²) in [6.07, 6.45) is 0. The molecular weight excluding hydrogens is 361 g/mol. The van der Waals surface area contributed by atoms with Gasteiger partial charge in [0.2, 0.25) is 10.0 Å². The summed E-state index contributed by atoms with van der Waals surface area (Å²) in [6, 6.07) is 10.5. The van der Waals surface area contributed by atoms with Crippen molar-refractivity contribution in [3.8, 4) is 10.6 Å². The van der Waals surface area contributed by atoms with Gasteiger partial charge in [-0.05, 0) is 41.8 Å². The number of nitrogens with one attached hydrogen (secondary N) is 1. The van der Waals surface area contributed by atoms with E-state index in [1.807, 2.05) is 17.5 Å². The van der Waals surface area contributed by atoms with Crippen molar-refractivity contribution < 1.29 is 17.2 Å². The van der Waals surface area contributed by atoms with Crippen LogP contribution in [0.5, 0.6) is 0 Å². The zero-order chi connectivity index (χ0) is 16.4. The first-order chi connectivity index (χ1) is 11.0. The summed E-state index contributed by atoms with van der Waals surface area (Å²) in [5.41, 5.74) is 0. The van der Waals surface area contributed by atoms with E-state index in [1.165, 1.54) is 11.3 Å². The molecule has 0 unspecified atom stereocenters. The molecule has 0 fully saturated rings. The van der Waals surface area contributed by atoms with Crippen LogP contribution in [-0.4, -0.2) is 8.42 Å². The van der Waals surface area contributed by atoms with Crippen molar-refractivity contribution in [1.82, 2.24) is 4.72 Å². The molecule has 0 saturated carbocycles. The van der Waals surface area contributed by atoms with Crippen LogP contribution in [0.4, 0.5) is 4.39 Å². The molecule has 0 amide bonds. The van der Waals surface area contributed by atoms with Crippen LogP contribution in [0, 0.1) is 5.82 Å². The minimum Gasteiger partial charge on any atom is -0.459 e. The zero-order valence-corrected chi connectivity index (χ0v) is 14.0. The van der Waals surface area contributed by atoms with E-state index in [0.717, 1.165) is 23.1 Å². The average Bonchev–Trinajstić information content (AvgIpc) is 3.18. The number of rotatable bonds is 5.